The number of fused-ring (bicyclic) bond motifs is 2. The number of ether oxygens (including phenoxy) is 1. The second-order valence-electron chi connectivity index (χ2n) is 11.5. The van der Waals surface area contributed by atoms with Crippen LogP contribution in [0.4, 0.5) is 5.13 Å². The van der Waals surface area contributed by atoms with Gasteiger partial charge in [-0.05, 0) is 83.1 Å². The van der Waals surface area contributed by atoms with Gasteiger partial charge in [-0.15, -0.1) is 11.3 Å². The lowest BCUT2D eigenvalue weighted by molar-refractivity contribution is -0.156. The zero-order valence-corrected chi connectivity index (χ0v) is 20.4. The third-order valence-corrected chi connectivity index (χ3v) is 8.96. The predicted octanol–water partition coefficient (Wildman–Crippen LogP) is 4.89. The van der Waals surface area contributed by atoms with Crippen LogP contribution in [-0.4, -0.2) is 47.6 Å². The molecule has 0 radical (unpaired) electrons. The highest BCUT2D eigenvalue weighted by Gasteiger charge is 2.46. The molecule has 1 aromatic heterocycles. The van der Waals surface area contributed by atoms with Crippen LogP contribution in [0.15, 0.2) is 0 Å². The molecule has 1 aromatic rings. The Kier molecular flexibility index (Phi) is 6.06. The number of esters is 1. The fraction of sp³-hybridized carbons (Fsp3) is 0.840. The molecular weight excluding hydrogens is 406 g/mol. The monoisotopic (exact) mass is 445 g/mol. The Morgan fingerprint density at radius 2 is 1.84 bits per heavy atom. The van der Waals surface area contributed by atoms with Gasteiger partial charge in [-0.3, -0.25) is 9.69 Å². The van der Waals surface area contributed by atoms with Gasteiger partial charge >= 0.3 is 5.97 Å². The molecule has 2 atom stereocenters. The van der Waals surface area contributed by atoms with Crippen LogP contribution in [0.3, 0.4) is 0 Å². The van der Waals surface area contributed by atoms with Crippen molar-refractivity contribution in [2.75, 3.05) is 31.1 Å². The molecule has 0 aromatic carbocycles. The molecule has 2 unspecified atom stereocenters. The first-order chi connectivity index (χ1) is 14.8. The topological polar surface area (TPSA) is 45.7 Å². The Hall–Kier alpha value is -1.14. The second kappa shape index (κ2) is 8.66. The molecule has 0 amide bonds. The highest BCUT2D eigenvalue weighted by molar-refractivity contribution is 7.15. The lowest BCUT2D eigenvalue weighted by Crippen LogP contribution is -2.32. The molecule has 5 nitrogen and oxygen atoms in total. The van der Waals surface area contributed by atoms with Crippen molar-refractivity contribution < 1.29 is 9.53 Å². The summed E-state index contributed by atoms with van der Waals surface area (Å²) in [5.74, 6) is 3.26. The largest absolute Gasteiger partial charge is 0.460 e. The van der Waals surface area contributed by atoms with Crippen molar-refractivity contribution in [1.29, 1.82) is 0 Å². The summed E-state index contributed by atoms with van der Waals surface area (Å²) >= 11 is 1.96. The number of nitrogens with zero attached hydrogens (tertiary/aromatic N) is 3. The zero-order chi connectivity index (χ0) is 21.6. The maximum atomic E-state index is 12.1. The Balaban J connectivity index is 1.03. The normalized spacial score (nSPS) is 30.7. The number of carbonyl (C=O) groups excluding carboxylic acids is 1. The van der Waals surface area contributed by atoms with E-state index in [0.29, 0.717) is 12.3 Å². The summed E-state index contributed by atoms with van der Waals surface area (Å²) in [6.07, 6.45) is 9.43. The van der Waals surface area contributed by atoms with Crippen LogP contribution in [0, 0.1) is 23.7 Å². The van der Waals surface area contributed by atoms with E-state index in [4.69, 9.17) is 9.72 Å². The van der Waals surface area contributed by atoms with Gasteiger partial charge in [0.1, 0.15) is 5.60 Å². The second-order valence-corrected chi connectivity index (χ2v) is 12.6. The van der Waals surface area contributed by atoms with E-state index in [-0.39, 0.29) is 11.6 Å². The molecular formula is C25H39N3O2S. The highest BCUT2D eigenvalue weighted by Crippen LogP contribution is 2.47. The summed E-state index contributed by atoms with van der Waals surface area (Å²) < 4.78 is 5.51. The lowest BCUT2D eigenvalue weighted by atomic mass is 9.79. The van der Waals surface area contributed by atoms with Gasteiger partial charge in [0, 0.05) is 37.5 Å². The van der Waals surface area contributed by atoms with E-state index in [9.17, 15) is 4.79 Å². The Labute approximate surface area is 191 Å². The Bertz CT molecular complexity index is 783. The molecule has 31 heavy (non-hydrogen) atoms. The smallest absolute Gasteiger partial charge is 0.306 e. The average Bonchev–Trinajstić information content (AvgIpc) is 3.11. The minimum atomic E-state index is -0.366. The number of hydrogen-bond donors (Lipinski definition) is 0. The number of piperidine rings is 1. The SMILES string of the molecule is CC(C)(C)OC(=O)CC1CCC(CCN2CCc3sc(N4CC5CC5C4)nc3C2)CC1. The summed E-state index contributed by atoms with van der Waals surface area (Å²) in [6.45, 7) is 11.8. The summed E-state index contributed by atoms with van der Waals surface area (Å²) in [7, 11) is 0. The summed E-state index contributed by atoms with van der Waals surface area (Å²) in [5.41, 5.74) is 0.989. The molecule has 5 rings (SSSR count). The molecule has 2 saturated carbocycles. The van der Waals surface area contributed by atoms with E-state index >= 15 is 0 Å². The molecule has 3 heterocycles. The Morgan fingerprint density at radius 1 is 1.13 bits per heavy atom. The molecule has 0 spiro atoms. The summed E-state index contributed by atoms with van der Waals surface area (Å²) in [6, 6.07) is 0. The molecule has 0 bridgehead atoms. The van der Waals surface area contributed by atoms with Crippen molar-refractivity contribution in [1.82, 2.24) is 9.88 Å². The predicted molar refractivity (Wildman–Crippen MR) is 125 cm³/mol. The van der Waals surface area contributed by atoms with Crippen LogP contribution in [-0.2, 0) is 22.5 Å². The van der Waals surface area contributed by atoms with Gasteiger partial charge in [-0.1, -0.05) is 12.8 Å². The number of anilines is 1. The van der Waals surface area contributed by atoms with Crippen molar-refractivity contribution >= 4 is 22.4 Å². The Morgan fingerprint density at radius 3 is 2.55 bits per heavy atom. The van der Waals surface area contributed by atoms with Gasteiger partial charge in [0.05, 0.1) is 5.69 Å². The number of aromatic nitrogens is 1. The fourth-order valence-electron chi connectivity index (χ4n) is 5.83. The van der Waals surface area contributed by atoms with Crippen molar-refractivity contribution in [2.24, 2.45) is 23.7 Å². The summed E-state index contributed by atoms with van der Waals surface area (Å²) in [4.78, 5) is 23.9. The molecule has 172 valence electrons. The zero-order valence-electron chi connectivity index (χ0n) is 19.6. The summed E-state index contributed by atoms with van der Waals surface area (Å²) in [5, 5.41) is 1.29. The molecule has 6 heteroatoms. The van der Waals surface area contributed by atoms with Crippen LogP contribution in [0.5, 0.6) is 0 Å². The number of rotatable bonds is 6. The van der Waals surface area contributed by atoms with E-state index in [2.05, 4.69) is 9.80 Å². The van der Waals surface area contributed by atoms with Crippen LogP contribution >= 0.6 is 11.3 Å². The number of hydrogen-bond acceptors (Lipinski definition) is 6. The van der Waals surface area contributed by atoms with Crippen molar-refractivity contribution in [2.45, 2.75) is 84.3 Å². The maximum Gasteiger partial charge on any atom is 0.306 e. The van der Waals surface area contributed by atoms with E-state index < -0.39 is 0 Å². The van der Waals surface area contributed by atoms with E-state index in [1.165, 1.54) is 86.8 Å². The highest BCUT2D eigenvalue weighted by atomic mass is 32.1. The molecule has 1 saturated heterocycles. The molecule has 4 aliphatic rings. The molecule has 2 aliphatic heterocycles. The minimum absolute atomic E-state index is 0.0198. The van der Waals surface area contributed by atoms with E-state index in [1.807, 2.05) is 32.1 Å². The van der Waals surface area contributed by atoms with Crippen LogP contribution in [0.2, 0.25) is 0 Å². The number of thiazole rings is 1. The van der Waals surface area contributed by atoms with Gasteiger partial charge in [-0.2, -0.15) is 0 Å². The fourth-order valence-corrected chi connectivity index (χ4v) is 6.90. The third kappa shape index (κ3) is 5.44. The van der Waals surface area contributed by atoms with Gasteiger partial charge in [-0.25, -0.2) is 4.98 Å². The standard InChI is InChI=1S/C25H39N3O2S/c1-25(2,3)30-23(29)12-18-6-4-17(5-7-18)8-10-27-11-9-22-21(16-27)26-24(31-22)28-14-19-13-20(19)15-28/h17-20H,4-16H2,1-3H3. The number of carbonyl (C=O) groups is 1. The van der Waals surface area contributed by atoms with Gasteiger partial charge in [0.2, 0.25) is 0 Å². The van der Waals surface area contributed by atoms with Gasteiger partial charge < -0.3 is 9.64 Å². The van der Waals surface area contributed by atoms with E-state index in [0.717, 1.165) is 24.3 Å². The van der Waals surface area contributed by atoms with Crippen LogP contribution < -0.4 is 4.90 Å². The first-order valence-corrected chi connectivity index (χ1v) is 13.3. The molecule has 2 aliphatic carbocycles. The van der Waals surface area contributed by atoms with Crippen molar-refractivity contribution in [3.8, 4) is 0 Å². The van der Waals surface area contributed by atoms with Gasteiger partial charge in [0.25, 0.3) is 0 Å². The minimum Gasteiger partial charge on any atom is -0.460 e. The maximum absolute atomic E-state index is 12.1. The average molecular weight is 446 g/mol. The quantitative estimate of drug-likeness (QED) is 0.584. The molecule has 3 fully saturated rings. The van der Waals surface area contributed by atoms with Crippen molar-refractivity contribution in [3.63, 3.8) is 0 Å². The first-order valence-electron chi connectivity index (χ1n) is 12.5. The van der Waals surface area contributed by atoms with Crippen LogP contribution in [0.25, 0.3) is 0 Å². The van der Waals surface area contributed by atoms with Crippen molar-refractivity contribution in [3.05, 3.63) is 10.6 Å². The first kappa shape index (κ1) is 21.7. The lowest BCUT2D eigenvalue weighted by Gasteiger charge is -2.31. The van der Waals surface area contributed by atoms with Crippen LogP contribution in [0.1, 0.15) is 76.3 Å². The van der Waals surface area contributed by atoms with E-state index in [1.54, 1.807) is 0 Å². The third-order valence-electron chi connectivity index (χ3n) is 7.74. The molecule has 0 N–H and O–H groups in total. The van der Waals surface area contributed by atoms with Gasteiger partial charge in [0.15, 0.2) is 5.13 Å².